The second-order valence-electron chi connectivity index (χ2n) is 9.32. The van der Waals surface area contributed by atoms with Gasteiger partial charge in [0.25, 0.3) is 17.4 Å². The normalized spacial score (nSPS) is 16.9. The Morgan fingerprint density at radius 1 is 1.17 bits per heavy atom. The molecule has 2 aliphatic rings. The van der Waals surface area contributed by atoms with Crippen LogP contribution in [-0.2, 0) is 11.3 Å². The number of anilines is 1. The number of fused-ring (bicyclic) bond motifs is 1. The van der Waals surface area contributed by atoms with Crippen molar-refractivity contribution in [3.63, 3.8) is 0 Å². The molecular weight excluding hydrogens is 454 g/mol. The molecule has 8 nitrogen and oxygen atoms in total. The van der Waals surface area contributed by atoms with Crippen LogP contribution in [0.4, 0.5) is 5.69 Å². The number of H-pyrrole nitrogens is 1. The predicted octanol–water partition coefficient (Wildman–Crippen LogP) is 4.09. The Hall–Kier alpha value is -4.20. The zero-order valence-electron chi connectivity index (χ0n) is 20.0. The van der Waals surface area contributed by atoms with E-state index in [0.717, 1.165) is 35.3 Å². The van der Waals surface area contributed by atoms with Gasteiger partial charge >= 0.3 is 0 Å². The summed E-state index contributed by atoms with van der Waals surface area (Å²) in [6, 6.07) is 9.05. The number of amides is 2. The van der Waals surface area contributed by atoms with Crippen molar-refractivity contribution >= 4 is 35.2 Å². The summed E-state index contributed by atoms with van der Waals surface area (Å²) in [6.07, 6.45) is 16.4. The van der Waals surface area contributed by atoms with Gasteiger partial charge in [-0.15, -0.1) is 0 Å². The van der Waals surface area contributed by atoms with Gasteiger partial charge in [-0.1, -0.05) is 43.5 Å². The third-order valence-corrected chi connectivity index (χ3v) is 6.78. The Bertz CT molecular complexity index is 1380. The smallest absolute Gasteiger partial charge is 0.263 e. The summed E-state index contributed by atoms with van der Waals surface area (Å²) in [5.41, 5.74) is 3.71. The standard InChI is InChI=1S/C28H29N5O3/c34-26(23-9-5-13-33(28(23)36)17-20-6-2-1-3-7-20)30-12-4-8-19-10-11-22-24(15-21-16-29-18-31-21)27(35)32-25(22)14-19/h4-5,8-11,13-16,18,20H,1-3,6-7,12,17H2,(H,29,31)(H,30,34)(H,32,35). The summed E-state index contributed by atoms with van der Waals surface area (Å²) in [5.74, 6) is -0.0331. The lowest BCUT2D eigenvalue weighted by Gasteiger charge is -2.22. The first kappa shape index (κ1) is 23.5. The van der Waals surface area contributed by atoms with E-state index < -0.39 is 0 Å². The molecule has 2 aromatic heterocycles. The SMILES string of the molecule is O=C1Nc2cc(C=CCNC(=O)c3cccn(CC4CCCCC4)c3=O)ccc2C1=Cc1cnc[nH]1. The van der Waals surface area contributed by atoms with E-state index in [9.17, 15) is 14.4 Å². The van der Waals surface area contributed by atoms with Gasteiger partial charge in [-0.3, -0.25) is 14.4 Å². The fourth-order valence-electron chi connectivity index (χ4n) is 4.90. The number of hydrogen-bond donors (Lipinski definition) is 3. The zero-order chi connectivity index (χ0) is 24.9. The van der Waals surface area contributed by atoms with E-state index in [4.69, 9.17) is 0 Å². The zero-order valence-corrected chi connectivity index (χ0v) is 20.0. The molecule has 0 saturated heterocycles. The highest BCUT2D eigenvalue weighted by molar-refractivity contribution is 6.34. The van der Waals surface area contributed by atoms with Crippen molar-refractivity contribution in [3.05, 3.63) is 87.9 Å². The molecule has 36 heavy (non-hydrogen) atoms. The maximum atomic E-state index is 12.8. The lowest BCUT2D eigenvalue weighted by molar-refractivity contribution is -0.110. The topological polar surface area (TPSA) is 109 Å². The first-order valence-corrected chi connectivity index (χ1v) is 12.4. The number of hydrogen-bond acceptors (Lipinski definition) is 4. The Kier molecular flexibility index (Phi) is 6.93. The Morgan fingerprint density at radius 2 is 2.03 bits per heavy atom. The van der Waals surface area contributed by atoms with Gasteiger partial charge in [-0.05, 0) is 48.6 Å². The monoisotopic (exact) mass is 483 g/mol. The molecule has 3 aromatic rings. The second-order valence-corrected chi connectivity index (χ2v) is 9.32. The van der Waals surface area contributed by atoms with Crippen LogP contribution >= 0.6 is 0 Å². The van der Waals surface area contributed by atoms with Crippen LogP contribution in [0.1, 0.15) is 59.3 Å². The van der Waals surface area contributed by atoms with Gasteiger partial charge in [0.05, 0.1) is 23.8 Å². The molecule has 0 unspecified atom stereocenters. The van der Waals surface area contributed by atoms with Crippen LogP contribution in [0.2, 0.25) is 0 Å². The van der Waals surface area contributed by atoms with Crippen LogP contribution in [0.3, 0.4) is 0 Å². The van der Waals surface area contributed by atoms with E-state index >= 15 is 0 Å². The molecule has 0 spiro atoms. The molecule has 184 valence electrons. The molecule has 1 aliphatic carbocycles. The molecule has 1 aromatic carbocycles. The summed E-state index contributed by atoms with van der Waals surface area (Å²) in [7, 11) is 0. The number of benzene rings is 1. The van der Waals surface area contributed by atoms with Crippen LogP contribution in [0.25, 0.3) is 17.7 Å². The summed E-state index contributed by atoms with van der Waals surface area (Å²) in [4.78, 5) is 44.8. The van der Waals surface area contributed by atoms with E-state index in [1.807, 2.05) is 30.4 Å². The molecule has 1 saturated carbocycles. The number of carbonyl (C=O) groups is 2. The van der Waals surface area contributed by atoms with Crippen molar-refractivity contribution in [2.75, 3.05) is 11.9 Å². The minimum atomic E-state index is -0.377. The molecule has 3 heterocycles. The van der Waals surface area contributed by atoms with Gasteiger partial charge in [0.1, 0.15) is 5.56 Å². The Balaban J connectivity index is 1.20. The van der Waals surface area contributed by atoms with E-state index in [-0.39, 0.29) is 29.5 Å². The highest BCUT2D eigenvalue weighted by Gasteiger charge is 2.24. The fourth-order valence-corrected chi connectivity index (χ4v) is 4.90. The number of aromatic nitrogens is 3. The Morgan fingerprint density at radius 3 is 2.83 bits per heavy atom. The lowest BCUT2D eigenvalue weighted by Crippen LogP contribution is -2.34. The number of nitrogens with zero attached hydrogens (tertiary/aromatic N) is 2. The summed E-state index contributed by atoms with van der Waals surface area (Å²) < 4.78 is 1.68. The van der Waals surface area contributed by atoms with Gasteiger partial charge < -0.3 is 20.2 Å². The number of rotatable bonds is 7. The highest BCUT2D eigenvalue weighted by atomic mass is 16.2. The number of nitrogens with one attached hydrogen (secondary N) is 3. The van der Waals surface area contributed by atoms with E-state index in [2.05, 4.69) is 20.6 Å². The summed E-state index contributed by atoms with van der Waals surface area (Å²) >= 11 is 0. The predicted molar refractivity (Wildman–Crippen MR) is 140 cm³/mol. The molecular formula is C28H29N5O3. The van der Waals surface area contributed by atoms with Crippen LogP contribution in [0.5, 0.6) is 0 Å². The van der Waals surface area contributed by atoms with Crippen LogP contribution in [0, 0.1) is 5.92 Å². The molecule has 1 fully saturated rings. The molecule has 0 atom stereocenters. The molecule has 2 amide bonds. The molecule has 0 bridgehead atoms. The van der Waals surface area contributed by atoms with Gasteiger partial charge in [0, 0.05) is 30.5 Å². The highest BCUT2D eigenvalue weighted by Crippen LogP contribution is 2.33. The molecule has 1 aliphatic heterocycles. The first-order chi connectivity index (χ1) is 17.6. The molecule has 8 heteroatoms. The maximum absolute atomic E-state index is 12.8. The van der Waals surface area contributed by atoms with Crippen LogP contribution in [-0.4, -0.2) is 32.9 Å². The third-order valence-electron chi connectivity index (χ3n) is 6.78. The van der Waals surface area contributed by atoms with Crippen molar-refractivity contribution in [2.45, 2.75) is 38.6 Å². The number of imidazole rings is 1. The van der Waals surface area contributed by atoms with Gasteiger partial charge in [0.2, 0.25) is 0 Å². The van der Waals surface area contributed by atoms with Crippen LogP contribution < -0.4 is 16.2 Å². The summed E-state index contributed by atoms with van der Waals surface area (Å²) in [5, 5.41) is 5.69. The number of aromatic amines is 1. The number of pyridine rings is 1. The van der Waals surface area contributed by atoms with Crippen molar-refractivity contribution in [1.82, 2.24) is 19.9 Å². The first-order valence-electron chi connectivity index (χ1n) is 12.4. The lowest BCUT2D eigenvalue weighted by atomic mass is 9.89. The third kappa shape index (κ3) is 5.22. The van der Waals surface area contributed by atoms with E-state index in [1.54, 1.807) is 41.5 Å². The van der Waals surface area contributed by atoms with Crippen molar-refractivity contribution in [3.8, 4) is 0 Å². The van der Waals surface area contributed by atoms with Crippen LogP contribution in [0.15, 0.2) is 59.9 Å². The minimum Gasteiger partial charge on any atom is -0.348 e. The Labute approximate surface area is 209 Å². The van der Waals surface area contributed by atoms with E-state index in [0.29, 0.717) is 18.0 Å². The largest absolute Gasteiger partial charge is 0.348 e. The van der Waals surface area contributed by atoms with Gasteiger partial charge in [-0.25, -0.2) is 4.98 Å². The second kappa shape index (κ2) is 10.6. The quantitative estimate of drug-likeness (QED) is 0.440. The fraction of sp³-hybridized carbons (Fsp3) is 0.286. The summed E-state index contributed by atoms with van der Waals surface area (Å²) in [6.45, 7) is 0.956. The van der Waals surface area contributed by atoms with Crippen molar-refractivity contribution < 1.29 is 9.59 Å². The van der Waals surface area contributed by atoms with E-state index in [1.165, 1.54) is 19.3 Å². The molecule has 3 N–H and O–H groups in total. The van der Waals surface area contributed by atoms with Gasteiger partial charge in [0.15, 0.2) is 0 Å². The minimum absolute atomic E-state index is 0.162. The van der Waals surface area contributed by atoms with Gasteiger partial charge in [-0.2, -0.15) is 0 Å². The maximum Gasteiger partial charge on any atom is 0.263 e. The molecule has 5 rings (SSSR count). The average molecular weight is 484 g/mol. The average Bonchev–Trinajstić information content (AvgIpc) is 3.51. The number of carbonyl (C=O) groups excluding carboxylic acids is 2. The van der Waals surface area contributed by atoms with Crippen molar-refractivity contribution in [1.29, 1.82) is 0 Å². The van der Waals surface area contributed by atoms with Crippen molar-refractivity contribution in [2.24, 2.45) is 5.92 Å². The molecule has 0 radical (unpaired) electrons.